The molecule has 2 aromatic rings. The van der Waals surface area contributed by atoms with Gasteiger partial charge in [-0.3, -0.25) is 0 Å². The van der Waals surface area contributed by atoms with E-state index in [2.05, 4.69) is 10.1 Å². The van der Waals surface area contributed by atoms with Gasteiger partial charge in [-0.25, -0.2) is 9.78 Å². The maximum atomic E-state index is 10.7. The molecule has 0 unspecified atom stereocenters. The molecule has 0 amide bonds. The van der Waals surface area contributed by atoms with Crippen LogP contribution in [0, 0.1) is 6.92 Å². The van der Waals surface area contributed by atoms with Crippen molar-refractivity contribution in [1.29, 1.82) is 0 Å². The molecule has 2 aromatic heterocycles. The average molecular weight is 210 g/mol. The average Bonchev–Trinajstić information content (AvgIpc) is 2.70. The number of thiazole rings is 1. The maximum Gasteiger partial charge on any atom is 0.341 e. The second kappa shape index (κ2) is 3.22. The maximum absolute atomic E-state index is 10.7. The molecule has 0 aliphatic heterocycles. The Morgan fingerprint density at radius 2 is 2.36 bits per heavy atom. The number of hydrogen-bond donors (Lipinski definition) is 1. The van der Waals surface area contributed by atoms with Crippen LogP contribution in [0.3, 0.4) is 0 Å². The Labute approximate surface area is 83.0 Å². The molecule has 0 aromatic carbocycles. The number of rotatable bonds is 2. The van der Waals surface area contributed by atoms with Gasteiger partial charge in [0.25, 0.3) is 0 Å². The zero-order chi connectivity index (χ0) is 10.1. The first kappa shape index (κ1) is 8.89. The fourth-order valence-corrected chi connectivity index (χ4v) is 1.80. The number of carboxylic acid groups (broad SMARTS) is 1. The number of aryl methyl sites for hydroxylation is 1. The van der Waals surface area contributed by atoms with E-state index in [9.17, 15) is 4.79 Å². The number of hydrogen-bond acceptors (Lipinski definition) is 5. The van der Waals surface area contributed by atoms with Gasteiger partial charge < -0.3 is 9.63 Å². The minimum Gasteiger partial charge on any atom is -0.477 e. The third-order valence-electron chi connectivity index (χ3n) is 1.65. The lowest BCUT2D eigenvalue weighted by atomic mass is 10.2. The van der Waals surface area contributed by atoms with Crippen molar-refractivity contribution in [3.8, 4) is 10.6 Å². The van der Waals surface area contributed by atoms with Crippen LogP contribution in [0.4, 0.5) is 0 Å². The summed E-state index contributed by atoms with van der Waals surface area (Å²) in [6.45, 7) is 1.84. The van der Waals surface area contributed by atoms with E-state index in [4.69, 9.17) is 9.63 Å². The van der Waals surface area contributed by atoms with Crippen LogP contribution in [-0.4, -0.2) is 21.2 Å². The Hall–Kier alpha value is -1.69. The summed E-state index contributed by atoms with van der Waals surface area (Å²) in [5.41, 5.74) is 0.0636. The standard InChI is InChI=1S/C8H6N2O3S/c1-4-9-3-6(14-4)7-5(8(11)12)2-10-13-7/h2-3H,1H3,(H,11,12). The van der Waals surface area contributed by atoms with Crippen molar-refractivity contribution in [2.75, 3.05) is 0 Å². The first-order valence-electron chi connectivity index (χ1n) is 3.79. The van der Waals surface area contributed by atoms with E-state index in [1.54, 1.807) is 6.20 Å². The van der Waals surface area contributed by atoms with E-state index < -0.39 is 5.97 Å². The molecule has 1 N–H and O–H groups in total. The van der Waals surface area contributed by atoms with Gasteiger partial charge in [0.1, 0.15) is 5.56 Å². The van der Waals surface area contributed by atoms with Gasteiger partial charge in [-0.1, -0.05) is 5.16 Å². The third-order valence-corrected chi connectivity index (χ3v) is 2.56. The molecule has 14 heavy (non-hydrogen) atoms. The van der Waals surface area contributed by atoms with Crippen LogP contribution in [0.15, 0.2) is 16.9 Å². The normalized spacial score (nSPS) is 10.4. The molecular formula is C8H6N2O3S. The van der Waals surface area contributed by atoms with Crippen molar-refractivity contribution in [2.45, 2.75) is 6.92 Å². The molecule has 5 nitrogen and oxygen atoms in total. The number of aromatic nitrogens is 2. The molecule has 2 heterocycles. The fraction of sp³-hybridized carbons (Fsp3) is 0.125. The Balaban J connectivity index is 2.51. The third kappa shape index (κ3) is 1.39. The molecule has 0 radical (unpaired) electrons. The molecule has 6 heteroatoms. The Morgan fingerprint density at radius 3 is 2.93 bits per heavy atom. The molecule has 0 spiro atoms. The Bertz CT molecular complexity index is 474. The molecule has 0 aliphatic rings. The largest absolute Gasteiger partial charge is 0.477 e. The van der Waals surface area contributed by atoms with Crippen LogP contribution in [0.5, 0.6) is 0 Å². The van der Waals surface area contributed by atoms with Crippen LogP contribution in [0.2, 0.25) is 0 Å². The highest BCUT2D eigenvalue weighted by atomic mass is 32.1. The number of carboxylic acids is 1. The SMILES string of the molecule is Cc1ncc(-c2oncc2C(=O)O)s1. The highest BCUT2D eigenvalue weighted by Crippen LogP contribution is 2.28. The first-order chi connectivity index (χ1) is 6.68. The van der Waals surface area contributed by atoms with E-state index >= 15 is 0 Å². The van der Waals surface area contributed by atoms with Crippen LogP contribution >= 0.6 is 11.3 Å². The summed E-state index contributed by atoms with van der Waals surface area (Å²) in [6.07, 6.45) is 2.76. The zero-order valence-electron chi connectivity index (χ0n) is 7.22. The zero-order valence-corrected chi connectivity index (χ0v) is 8.04. The number of aromatic carboxylic acids is 1. The molecular weight excluding hydrogens is 204 g/mol. The molecule has 2 rings (SSSR count). The van der Waals surface area contributed by atoms with Crippen molar-refractivity contribution in [3.05, 3.63) is 23.0 Å². The van der Waals surface area contributed by atoms with Crippen molar-refractivity contribution in [3.63, 3.8) is 0 Å². The Kier molecular flexibility index (Phi) is 2.05. The highest BCUT2D eigenvalue weighted by Gasteiger charge is 2.18. The van der Waals surface area contributed by atoms with Gasteiger partial charge in [0.15, 0.2) is 5.76 Å². The number of nitrogens with zero attached hydrogens (tertiary/aromatic N) is 2. The lowest BCUT2D eigenvalue weighted by molar-refractivity contribution is 0.0697. The van der Waals surface area contributed by atoms with Crippen molar-refractivity contribution in [1.82, 2.24) is 10.1 Å². The van der Waals surface area contributed by atoms with Gasteiger partial charge in [-0.05, 0) is 6.92 Å². The van der Waals surface area contributed by atoms with Gasteiger partial charge in [0.2, 0.25) is 0 Å². The minimum atomic E-state index is -1.05. The van der Waals surface area contributed by atoms with Crippen LogP contribution < -0.4 is 0 Å². The summed E-state index contributed by atoms with van der Waals surface area (Å²) < 4.78 is 4.86. The minimum absolute atomic E-state index is 0.0636. The van der Waals surface area contributed by atoms with E-state index in [1.165, 1.54) is 17.5 Å². The van der Waals surface area contributed by atoms with Gasteiger partial charge in [-0.2, -0.15) is 0 Å². The Morgan fingerprint density at radius 1 is 1.57 bits per heavy atom. The van der Waals surface area contributed by atoms with E-state index in [0.717, 1.165) is 5.01 Å². The molecule has 0 atom stereocenters. The van der Waals surface area contributed by atoms with Crippen molar-refractivity contribution < 1.29 is 14.4 Å². The second-order valence-corrected chi connectivity index (χ2v) is 3.85. The topological polar surface area (TPSA) is 76.2 Å². The molecule has 72 valence electrons. The monoisotopic (exact) mass is 210 g/mol. The lowest BCUT2D eigenvalue weighted by Gasteiger charge is -1.90. The van der Waals surface area contributed by atoms with Crippen molar-refractivity contribution >= 4 is 17.3 Å². The molecule has 0 aliphatic carbocycles. The summed E-state index contributed by atoms with van der Waals surface area (Å²) >= 11 is 1.37. The van der Waals surface area contributed by atoms with E-state index in [0.29, 0.717) is 4.88 Å². The molecule has 0 bridgehead atoms. The quantitative estimate of drug-likeness (QED) is 0.817. The van der Waals surface area contributed by atoms with Crippen LogP contribution in [0.25, 0.3) is 10.6 Å². The van der Waals surface area contributed by atoms with E-state index in [1.807, 2.05) is 6.92 Å². The fourth-order valence-electron chi connectivity index (χ4n) is 1.04. The first-order valence-corrected chi connectivity index (χ1v) is 4.61. The lowest BCUT2D eigenvalue weighted by Crippen LogP contribution is -1.94. The van der Waals surface area contributed by atoms with Gasteiger partial charge in [0.05, 0.1) is 16.1 Å². The van der Waals surface area contributed by atoms with Gasteiger partial charge >= 0.3 is 5.97 Å². The predicted molar refractivity (Wildman–Crippen MR) is 49.3 cm³/mol. The molecule has 0 saturated heterocycles. The second-order valence-electron chi connectivity index (χ2n) is 2.62. The summed E-state index contributed by atoms with van der Waals surface area (Å²) in [6, 6.07) is 0. The summed E-state index contributed by atoms with van der Waals surface area (Å²) in [5, 5.41) is 13.1. The van der Waals surface area contributed by atoms with Gasteiger partial charge in [0, 0.05) is 6.20 Å². The summed E-state index contributed by atoms with van der Waals surface area (Å²) in [5.74, 6) is -0.782. The highest BCUT2D eigenvalue weighted by molar-refractivity contribution is 7.15. The van der Waals surface area contributed by atoms with Crippen LogP contribution in [-0.2, 0) is 0 Å². The smallest absolute Gasteiger partial charge is 0.341 e. The summed E-state index contributed by atoms with van der Waals surface area (Å²) in [4.78, 5) is 15.4. The van der Waals surface area contributed by atoms with Crippen molar-refractivity contribution in [2.24, 2.45) is 0 Å². The summed E-state index contributed by atoms with van der Waals surface area (Å²) in [7, 11) is 0. The van der Waals surface area contributed by atoms with Crippen LogP contribution in [0.1, 0.15) is 15.4 Å². The van der Waals surface area contributed by atoms with Gasteiger partial charge in [-0.15, -0.1) is 11.3 Å². The molecule has 0 fully saturated rings. The predicted octanol–water partition coefficient (Wildman–Crippen LogP) is 1.80. The number of carbonyl (C=O) groups is 1. The van der Waals surface area contributed by atoms with E-state index in [-0.39, 0.29) is 11.3 Å². The molecule has 0 saturated carbocycles.